The zero-order valence-corrected chi connectivity index (χ0v) is 17.0. The minimum Gasteiger partial charge on any atom is -0.430 e. The Bertz CT molecular complexity index is 596. The van der Waals surface area contributed by atoms with Gasteiger partial charge in [0.1, 0.15) is 0 Å². The van der Waals surface area contributed by atoms with Crippen molar-refractivity contribution in [3.8, 4) is 5.75 Å². The molecule has 0 unspecified atom stereocenters. The van der Waals surface area contributed by atoms with Crippen LogP contribution >= 0.6 is 36.4 Å². The van der Waals surface area contributed by atoms with Crippen molar-refractivity contribution in [3.05, 3.63) is 23.0 Å². The van der Waals surface area contributed by atoms with Crippen molar-refractivity contribution in [2.75, 3.05) is 11.4 Å². The van der Waals surface area contributed by atoms with E-state index in [2.05, 4.69) is 28.8 Å². The van der Waals surface area contributed by atoms with Crippen LogP contribution < -0.4 is 15.0 Å². The summed E-state index contributed by atoms with van der Waals surface area (Å²) in [5.41, 5.74) is 0.491. The van der Waals surface area contributed by atoms with E-state index in [4.69, 9.17) is 11.6 Å². The third kappa shape index (κ3) is 5.03. The maximum Gasteiger partial charge on any atom is 0.387 e. The average Bonchev–Trinajstić information content (AvgIpc) is 2.48. The molecule has 150 valence electrons. The van der Waals surface area contributed by atoms with Crippen molar-refractivity contribution in [3.63, 3.8) is 0 Å². The molecule has 0 amide bonds. The second-order valence-electron chi connectivity index (χ2n) is 7.23. The van der Waals surface area contributed by atoms with Crippen LogP contribution in [-0.4, -0.2) is 30.8 Å². The molecule has 3 nitrogen and oxygen atoms in total. The van der Waals surface area contributed by atoms with Crippen LogP contribution in [0.25, 0.3) is 0 Å². The molecular weight excluding hydrogens is 412 g/mol. The largest absolute Gasteiger partial charge is 0.430 e. The molecule has 0 bridgehead atoms. The number of fused-ring (bicyclic) bond motifs is 1. The highest BCUT2D eigenvalue weighted by atomic mass is 35.5. The molecule has 3 rings (SSSR count). The number of benzene rings is 1. The van der Waals surface area contributed by atoms with Gasteiger partial charge in [0.25, 0.3) is 0 Å². The summed E-state index contributed by atoms with van der Waals surface area (Å²) in [7, 11) is 0. The lowest BCUT2D eigenvalue weighted by atomic mass is 9.83. The molecule has 1 saturated carbocycles. The molecule has 1 aromatic rings. The second-order valence-corrected chi connectivity index (χ2v) is 7.64. The van der Waals surface area contributed by atoms with Gasteiger partial charge in [-0.15, -0.1) is 24.8 Å². The summed E-state index contributed by atoms with van der Waals surface area (Å²) in [6.07, 6.45) is 4.40. The van der Waals surface area contributed by atoms with Gasteiger partial charge in [0.15, 0.2) is 11.6 Å². The zero-order valence-electron chi connectivity index (χ0n) is 14.6. The predicted molar refractivity (Wildman–Crippen MR) is 103 cm³/mol. The molecule has 1 heterocycles. The topological polar surface area (TPSA) is 24.5 Å². The summed E-state index contributed by atoms with van der Waals surface area (Å²) in [6.45, 7) is 1.80. The molecule has 1 aromatic carbocycles. The highest BCUT2D eigenvalue weighted by molar-refractivity contribution is 6.32. The zero-order chi connectivity index (χ0) is 17.5. The summed E-state index contributed by atoms with van der Waals surface area (Å²) in [6, 6.07) is 3.36. The molecule has 2 fully saturated rings. The van der Waals surface area contributed by atoms with E-state index in [0.29, 0.717) is 18.3 Å². The summed E-state index contributed by atoms with van der Waals surface area (Å²) in [5, 5.41) is 3.54. The van der Waals surface area contributed by atoms with E-state index < -0.39 is 18.2 Å². The first-order valence-corrected chi connectivity index (χ1v) is 8.63. The van der Waals surface area contributed by atoms with Crippen molar-refractivity contribution in [2.24, 2.45) is 0 Å². The Hall–Kier alpha value is -0.560. The molecule has 26 heavy (non-hydrogen) atoms. The normalized spacial score (nSPS) is 24.3. The van der Waals surface area contributed by atoms with E-state index >= 15 is 0 Å². The van der Waals surface area contributed by atoms with Crippen LogP contribution in [0, 0.1) is 5.82 Å². The van der Waals surface area contributed by atoms with Crippen LogP contribution in [0.4, 0.5) is 18.9 Å². The molecule has 1 N–H and O–H groups in total. The number of hydrogen-bond acceptors (Lipinski definition) is 3. The average molecular weight is 436 g/mol. The van der Waals surface area contributed by atoms with E-state index in [1.54, 1.807) is 0 Å². The van der Waals surface area contributed by atoms with Gasteiger partial charge in [-0.05, 0) is 32.8 Å². The van der Waals surface area contributed by atoms with Crippen LogP contribution in [0.15, 0.2) is 12.1 Å². The van der Waals surface area contributed by atoms with Gasteiger partial charge < -0.3 is 15.0 Å². The molecule has 1 saturated heterocycles. The van der Waals surface area contributed by atoms with Crippen molar-refractivity contribution >= 4 is 42.1 Å². The second kappa shape index (κ2) is 9.09. The Morgan fingerprint density at radius 2 is 1.88 bits per heavy atom. The van der Waals surface area contributed by atoms with Crippen LogP contribution in [0.3, 0.4) is 0 Å². The highest BCUT2D eigenvalue weighted by Crippen LogP contribution is 2.38. The quantitative estimate of drug-likeness (QED) is 0.686. The third-order valence-electron chi connectivity index (χ3n) is 4.79. The fraction of sp³-hybridized carbons (Fsp3) is 0.647. The maximum absolute atomic E-state index is 14.3. The molecule has 0 radical (unpaired) electrons. The maximum atomic E-state index is 14.3. The van der Waals surface area contributed by atoms with Gasteiger partial charge in [-0.25, -0.2) is 4.39 Å². The first-order valence-electron chi connectivity index (χ1n) is 8.25. The molecule has 9 heteroatoms. The smallest absolute Gasteiger partial charge is 0.387 e. The van der Waals surface area contributed by atoms with Crippen molar-refractivity contribution in [1.82, 2.24) is 5.32 Å². The van der Waals surface area contributed by atoms with Gasteiger partial charge in [-0.2, -0.15) is 8.78 Å². The van der Waals surface area contributed by atoms with Crippen molar-refractivity contribution in [1.29, 1.82) is 0 Å². The molecule has 2 atom stereocenters. The fourth-order valence-electron chi connectivity index (χ4n) is 3.94. The van der Waals surface area contributed by atoms with Crippen LogP contribution in [0.1, 0.15) is 39.5 Å². The number of ether oxygens (including phenoxy) is 1. The number of anilines is 1. The fourth-order valence-corrected chi connectivity index (χ4v) is 4.19. The van der Waals surface area contributed by atoms with Crippen LogP contribution in [0.5, 0.6) is 5.75 Å². The van der Waals surface area contributed by atoms with Gasteiger partial charge in [-0.3, -0.25) is 0 Å². The van der Waals surface area contributed by atoms with Gasteiger partial charge in [0, 0.05) is 35.9 Å². The summed E-state index contributed by atoms with van der Waals surface area (Å²) >= 11 is 6.00. The highest BCUT2D eigenvalue weighted by Gasteiger charge is 2.40. The Morgan fingerprint density at radius 3 is 2.50 bits per heavy atom. The van der Waals surface area contributed by atoms with E-state index in [0.717, 1.165) is 19.3 Å². The lowest BCUT2D eigenvalue weighted by Crippen LogP contribution is -2.67. The first kappa shape index (κ1) is 23.5. The van der Waals surface area contributed by atoms with Gasteiger partial charge in [-0.1, -0.05) is 24.4 Å². The molecule has 0 aromatic heterocycles. The molecule has 2 aliphatic rings. The number of rotatable bonds is 3. The van der Waals surface area contributed by atoms with Crippen LogP contribution in [0.2, 0.25) is 5.02 Å². The van der Waals surface area contributed by atoms with Gasteiger partial charge in [0.2, 0.25) is 0 Å². The lowest BCUT2D eigenvalue weighted by molar-refractivity contribution is -0.0521. The molecule has 0 spiro atoms. The minimum absolute atomic E-state index is 0. The number of piperazine rings is 1. The summed E-state index contributed by atoms with van der Waals surface area (Å²) < 4.78 is 43.2. The number of halogens is 6. The molecule has 1 aliphatic heterocycles. The minimum atomic E-state index is -3.11. The standard InChI is InChI=1S/C17H22ClF3N2O.2ClH/c1-17(2)9-23(14-6-4-3-5-13(14)22-17)10-7-11(18)15(12(19)8-10)24-16(20)21;;/h7-8,13-14,16,22H,3-6,9H2,1-2H3;2*1H/t13-,14-;;/m1../s1. The SMILES string of the molecule is CC1(C)CN(c2cc(F)c(OC(F)F)c(Cl)c2)[C@@H]2CCCC[C@H]2N1.Cl.Cl. The van der Waals surface area contributed by atoms with Crippen LogP contribution in [-0.2, 0) is 0 Å². The number of alkyl halides is 2. The third-order valence-corrected chi connectivity index (χ3v) is 5.07. The van der Waals surface area contributed by atoms with E-state index in [9.17, 15) is 13.2 Å². The predicted octanol–water partition coefficient (Wildman–Crippen LogP) is 5.42. The summed E-state index contributed by atoms with van der Waals surface area (Å²) in [5.74, 6) is -1.45. The van der Waals surface area contributed by atoms with Gasteiger partial charge >= 0.3 is 6.61 Å². The number of hydrogen-bond donors (Lipinski definition) is 1. The van der Waals surface area contributed by atoms with E-state index in [1.807, 2.05) is 0 Å². The first-order chi connectivity index (χ1) is 11.3. The Kier molecular flexibility index (Phi) is 8.21. The Morgan fingerprint density at radius 1 is 1.23 bits per heavy atom. The monoisotopic (exact) mass is 434 g/mol. The Labute approximate surface area is 169 Å². The Balaban J connectivity index is 0.00000169. The number of nitrogens with one attached hydrogen (secondary N) is 1. The van der Waals surface area contributed by atoms with Crippen molar-refractivity contribution < 1.29 is 17.9 Å². The van der Waals surface area contributed by atoms with Gasteiger partial charge in [0.05, 0.1) is 5.02 Å². The summed E-state index contributed by atoms with van der Waals surface area (Å²) in [4.78, 5) is 2.15. The van der Waals surface area contributed by atoms with Crippen molar-refractivity contribution in [2.45, 2.75) is 63.8 Å². The van der Waals surface area contributed by atoms with E-state index in [1.165, 1.54) is 18.6 Å². The van der Waals surface area contributed by atoms with E-state index in [-0.39, 0.29) is 41.4 Å². The lowest BCUT2D eigenvalue weighted by Gasteiger charge is -2.52. The number of nitrogens with zero attached hydrogens (tertiary/aromatic N) is 1. The molecular formula is C17H24Cl3F3N2O. The molecule has 1 aliphatic carbocycles.